The van der Waals surface area contributed by atoms with Crippen LogP contribution in [0.2, 0.25) is 10.0 Å². The summed E-state index contributed by atoms with van der Waals surface area (Å²) in [5.41, 5.74) is 0.809. The van der Waals surface area contributed by atoms with E-state index in [1.165, 1.54) is 23.1 Å². The second kappa shape index (κ2) is 10.6. The molecule has 2 aromatic carbocycles. The van der Waals surface area contributed by atoms with Gasteiger partial charge in [-0.15, -0.1) is 0 Å². The summed E-state index contributed by atoms with van der Waals surface area (Å²) in [7, 11) is 0. The van der Waals surface area contributed by atoms with Crippen molar-refractivity contribution >= 4 is 35.0 Å². The lowest BCUT2D eigenvalue weighted by Crippen LogP contribution is -2.50. The van der Waals surface area contributed by atoms with Crippen molar-refractivity contribution in [2.24, 2.45) is 0 Å². The van der Waals surface area contributed by atoms with E-state index in [1.807, 2.05) is 19.9 Å². The molecule has 2 atom stereocenters. The van der Waals surface area contributed by atoms with Crippen LogP contribution in [-0.2, 0) is 22.6 Å². The van der Waals surface area contributed by atoms with Crippen LogP contribution in [0.1, 0.15) is 38.3 Å². The van der Waals surface area contributed by atoms with Crippen LogP contribution in [0.4, 0.5) is 4.39 Å². The first-order valence-electron chi connectivity index (χ1n) is 9.50. The van der Waals surface area contributed by atoms with E-state index < -0.39 is 17.8 Å². The van der Waals surface area contributed by atoms with E-state index >= 15 is 0 Å². The number of hydrogen-bond donors (Lipinski definition) is 1. The Bertz CT molecular complexity index is 855. The molecular weight excluding hydrogens is 414 g/mol. The van der Waals surface area contributed by atoms with Gasteiger partial charge in [0.2, 0.25) is 11.8 Å². The van der Waals surface area contributed by atoms with E-state index in [2.05, 4.69) is 5.32 Å². The number of carbonyl (C=O) groups excluding carboxylic acids is 2. The monoisotopic (exact) mass is 438 g/mol. The Labute approximate surface area is 181 Å². The first kappa shape index (κ1) is 23.2. The standard InChI is InChI=1S/C22H25Cl2FN2O2/c1-4-14(2)26-22(29)15(3)27(13-16-8-5-6-9-18(16)23)21(28)12-17-19(24)10-7-11-20(17)25/h5-11,14-15H,4,12-13H2,1-3H3,(H,26,29)/t14-,15-/m0/s1. The highest BCUT2D eigenvalue weighted by atomic mass is 35.5. The van der Waals surface area contributed by atoms with Crippen LogP contribution in [-0.4, -0.2) is 28.8 Å². The highest BCUT2D eigenvalue weighted by molar-refractivity contribution is 6.31. The van der Waals surface area contributed by atoms with Gasteiger partial charge in [-0.25, -0.2) is 4.39 Å². The van der Waals surface area contributed by atoms with Crippen molar-refractivity contribution in [3.05, 3.63) is 69.5 Å². The summed E-state index contributed by atoms with van der Waals surface area (Å²) >= 11 is 12.3. The molecule has 0 fully saturated rings. The van der Waals surface area contributed by atoms with E-state index in [1.54, 1.807) is 25.1 Å². The first-order chi connectivity index (χ1) is 13.7. The molecule has 0 unspecified atom stereocenters. The highest BCUT2D eigenvalue weighted by Gasteiger charge is 2.28. The Hall–Kier alpha value is -2.11. The van der Waals surface area contributed by atoms with E-state index in [-0.39, 0.29) is 35.5 Å². The molecule has 2 rings (SSSR count). The van der Waals surface area contributed by atoms with Crippen molar-refractivity contribution in [2.75, 3.05) is 0 Å². The number of rotatable bonds is 8. The first-order valence-corrected chi connectivity index (χ1v) is 10.3. The number of halogens is 3. The Balaban J connectivity index is 2.31. The maximum absolute atomic E-state index is 14.2. The molecule has 156 valence electrons. The van der Waals surface area contributed by atoms with Gasteiger partial charge in [-0.3, -0.25) is 9.59 Å². The molecule has 0 spiro atoms. The average Bonchev–Trinajstić information content (AvgIpc) is 2.69. The van der Waals surface area contributed by atoms with Gasteiger partial charge in [-0.1, -0.05) is 54.4 Å². The lowest BCUT2D eigenvalue weighted by Gasteiger charge is -2.30. The Morgan fingerprint density at radius 1 is 1.07 bits per heavy atom. The predicted molar refractivity (Wildman–Crippen MR) is 114 cm³/mol. The minimum Gasteiger partial charge on any atom is -0.352 e. The van der Waals surface area contributed by atoms with E-state index in [0.717, 1.165) is 6.42 Å². The fourth-order valence-corrected chi connectivity index (χ4v) is 3.24. The van der Waals surface area contributed by atoms with Gasteiger partial charge in [-0.05, 0) is 44.0 Å². The SMILES string of the molecule is CC[C@H](C)NC(=O)[C@H](C)N(Cc1ccccc1Cl)C(=O)Cc1c(F)cccc1Cl. The summed E-state index contributed by atoms with van der Waals surface area (Å²) in [6.45, 7) is 5.63. The number of benzene rings is 2. The molecule has 0 aliphatic rings. The molecule has 4 nitrogen and oxygen atoms in total. The molecule has 0 aromatic heterocycles. The predicted octanol–water partition coefficient (Wildman–Crippen LogP) is 5.01. The summed E-state index contributed by atoms with van der Waals surface area (Å²) in [5.74, 6) is -1.25. The summed E-state index contributed by atoms with van der Waals surface area (Å²) < 4.78 is 14.2. The second-order valence-corrected chi connectivity index (χ2v) is 7.80. The quantitative estimate of drug-likeness (QED) is 0.629. The van der Waals surface area contributed by atoms with Gasteiger partial charge >= 0.3 is 0 Å². The van der Waals surface area contributed by atoms with Crippen LogP contribution in [0.5, 0.6) is 0 Å². The van der Waals surface area contributed by atoms with Crippen LogP contribution < -0.4 is 5.32 Å². The number of carbonyl (C=O) groups is 2. The molecule has 7 heteroatoms. The van der Waals surface area contributed by atoms with Gasteiger partial charge in [0.15, 0.2) is 0 Å². The minimum atomic E-state index is -0.765. The van der Waals surface area contributed by atoms with Gasteiger partial charge in [0.05, 0.1) is 6.42 Å². The summed E-state index contributed by atoms with van der Waals surface area (Å²) in [4.78, 5) is 27.2. The third-order valence-corrected chi connectivity index (χ3v) is 5.58. The molecule has 0 bridgehead atoms. The molecule has 0 heterocycles. The van der Waals surface area contributed by atoms with Crippen molar-refractivity contribution in [1.82, 2.24) is 10.2 Å². The number of hydrogen-bond acceptors (Lipinski definition) is 2. The lowest BCUT2D eigenvalue weighted by molar-refractivity contribution is -0.140. The molecule has 0 saturated carbocycles. The van der Waals surface area contributed by atoms with Crippen LogP contribution in [0.25, 0.3) is 0 Å². The molecule has 0 aliphatic heterocycles. The number of amides is 2. The fraction of sp³-hybridized carbons (Fsp3) is 0.364. The number of nitrogens with zero attached hydrogens (tertiary/aromatic N) is 1. The van der Waals surface area contributed by atoms with Crippen LogP contribution in [0, 0.1) is 5.82 Å². The molecule has 0 radical (unpaired) electrons. The second-order valence-electron chi connectivity index (χ2n) is 6.98. The maximum atomic E-state index is 14.2. The van der Waals surface area contributed by atoms with Crippen molar-refractivity contribution < 1.29 is 14.0 Å². The fourth-order valence-electron chi connectivity index (χ4n) is 2.81. The van der Waals surface area contributed by atoms with Crippen LogP contribution in [0.3, 0.4) is 0 Å². The van der Waals surface area contributed by atoms with Gasteiger partial charge in [0, 0.05) is 28.2 Å². The normalized spacial score (nSPS) is 12.9. The highest BCUT2D eigenvalue weighted by Crippen LogP contribution is 2.23. The van der Waals surface area contributed by atoms with Crippen molar-refractivity contribution in [3.63, 3.8) is 0 Å². The summed E-state index contributed by atoms with van der Waals surface area (Å²) in [6, 6.07) is 10.6. The molecule has 0 aliphatic carbocycles. The molecule has 29 heavy (non-hydrogen) atoms. The minimum absolute atomic E-state index is 0.0248. The average molecular weight is 439 g/mol. The topological polar surface area (TPSA) is 49.4 Å². The van der Waals surface area contributed by atoms with Crippen LogP contribution in [0.15, 0.2) is 42.5 Å². The maximum Gasteiger partial charge on any atom is 0.242 e. The van der Waals surface area contributed by atoms with E-state index in [9.17, 15) is 14.0 Å². The van der Waals surface area contributed by atoms with Gasteiger partial charge in [0.1, 0.15) is 11.9 Å². The third kappa shape index (κ3) is 6.18. The Morgan fingerprint density at radius 2 is 1.72 bits per heavy atom. The van der Waals surface area contributed by atoms with Crippen LogP contribution >= 0.6 is 23.2 Å². The van der Waals surface area contributed by atoms with Crippen molar-refractivity contribution in [2.45, 2.75) is 52.2 Å². The van der Waals surface area contributed by atoms with E-state index in [4.69, 9.17) is 23.2 Å². The molecule has 2 amide bonds. The summed E-state index contributed by atoms with van der Waals surface area (Å²) in [5, 5.41) is 3.55. The zero-order valence-corrected chi connectivity index (χ0v) is 18.2. The lowest BCUT2D eigenvalue weighted by atomic mass is 10.1. The van der Waals surface area contributed by atoms with Gasteiger partial charge < -0.3 is 10.2 Å². The molecular formula is C22H25Cl2FN2O2. The largest absolute Gasteiger partial charge is 0.352 e. The Kier molecular flexibility index (Phi) is 8.47. The molecule has 0 saturated heterocycles. The Morgan fingerprint density at radius 3 is 2.34 bits per heavy atom. The van der Waals surface area contributed by atoms with Gasteiger partial charge in [-0.2, -0.15) is 0 Å². The van der Waals surface area contributed by atoms with Gasteiger partial charge in [0.25, 0.3) is 0 Å². The van der Waals surface area contributed by atoms with Crippen molar-refractivity contribution in [3.8, 4) is 0 Å². The van der Waals surface area contributed by atoms with Crippen molar-refractivity contribution in [1.29, 1.82) is 0 Å². The smallest absolute Gasteiger partial charge is 0.242 e. The molecule has 2 aromatic rings. The zero-order chi connectivity index (χ0) is 21.6. The van der Waals surface area contributed by atoms with E-state index in [0.29, 0.717) is 10.6 Å². The molecule has 1 N–H and O–H groups in total. The zero-order valence-electron chi connectivity index (χ0n) is 16.7. The summed E-state index contributed by atoms with van der Waals surface area (Å²) in [6.07, 6.45) is 0.513. The third-order valence-electron chi connectivity index (χ3n) is 4.86. The number of nitrogens with one attached hydrogen (secondary N) is 1.